The molecule has 0 aromatic heterocycles. The first-order chi connectivity index (χ1) is 20.6. The van der Waals surface area contributed by atoms with E-state index in [2.05, 4.69) is 106 Å². The Kier molecular flexibility index (Phi) is 20.3. The van der Waals surface area contributed by atoms with Crippen molar-refractivity contribution in [1.82, 2.24) is 0 Å². The van der Waals surface area contributed by atoms with Crippen molar-refractivity contribution in [1.29, 1.82) is 0 Å². The summed E-state index contributed by atoms with van der Waals surface area (Å²) < 4.78 is 27.1. The quantitative estimate of drug-likeness (QED) is 0.159. The Labute approximate surface area is 296 Å². The molecular formula is C40H40Cl2F2Zr-4. The third-order valence-corrected chi connectivity index (χ3v) is 6.46. The fraction of sp³-hybridized carbons (Fsp3) is 0.175. The average molecular weight is 721 g/mol. The molecule has 2 aliphatic rings. The number of hydrogen-bond donors (Lipinski definition) is 0. The first-order valence-corrected chi connectivity index (χ1v) is 15.7. The minimum atomic E-state index is -0.209. The zero-order chi connectivity index (χ0) is 31.8. The minimum absolute atomic E-state index is 0. The van der Waals surface area contributed by atoms with Crippen molar-refractivity contribution in [3.8, 4) is 11.1 Å². The van der Waals surface area contributed by atoms with Crippen LogP contribution in [-0.4, -0.2) is 4.21 Å². The normalized spacial score (nSPS) is 12.8. The Bertz CT molecular complexity index is 1430. The molecule has 0 N–H and O–H groups in total. The summed E-state index contributed by atoms with van der Waals surface area (Å²) in [6.07, 6.45) is 12.4. The Morgan fingerprint density at radius 3 is 1.69 bits per heavy atom. The van der Waals surface area contributed by atoms with E-state index in [9.17, 15) is 8.78 Å². The van der Waals surface area contributed by atoms with Crippen LogP contribution in [0.1, 0.15) is 49.9 Å². The van der Waals surface area contributed by atoms with Crippen LogP contribution in [0, 0.1) is 47.2 Å². The summed E-state index contributed by atoms with van der Waals surface area (Å²) in [5.74, 6) is 0.103. The van der Waals surface area contributed by atoms with Gasteiger partial charge in [0.25, 0.3) is 0 Å². The molecule has 0 bridgehead atoms. The van der Waals surface area contributed by atoms with Crippen LogP contribution < -0.4 is 0 Å². The molecule has 4 aromatic carbocycles. The van der Waals surface area contributed by atoms with E-state index in [-0.39, 0.29) is 36.4 Å². The van der Waals surface area contributed by atoms with Gasteiger partial charge in [0.1, 0.15) is 0 Å². The summed E-state index contributed by atoms with van der Waals surface area (Å²) in [5.41, 5.74) is 9.28. The van der Waals surface area contributed by atoms with Gasteiger partial charge in [-0.3, -0.25) is 6.08 Å². The SMILES string of the molecule is C=Cc1c[c-]c2c(c1)-c1cc(C=C)ccc1C2.CC1[C-]=CC(C(C)(C)C)=C1.Cl.Cl.Fc1cc[c-]cc1.Fc1cc[c-]cc1.[CH2]=[Zr]. The molecule has 0 saturated carbocycles. The molecule has 0 saturated heterocycles. The van der Waals surface area contributed by atoms with E-state index in [4.69, 9.17) is 0 Å². The van der Waals surface area contributed by atoms with E-state index in [0.717, 1.165) is 12.0 Å². The fourth-order valence-corrected chi connectivity index (χ4v) is 4.15. The fourth-order valence-electron chi connectivity index (χ4n) is 4.15. The van der Waals surface area contributed by atoms with Gasteiger partial charge in [-0.15, -0.1) is 72.9 Å². The maximum absolute atomic E-state index is 11.9. The van der Waals surface area contributed by atoms with Crippen LogP contribution in [0.25, 0.3) is 23.3 Å². The molecule has 0 nitrogen and oxygen atoms in total. The van der Waals surface area contributed by atoms with Crippen molar-refractivity contribution in [3.05, 3.63) is 168 Å². The number of benzene rings is 4. The van der Waals surface area contributed by atoms with Crippen molar-refractivity contribution in [2.75, 3.05) is 0 Å². The zero-order valence-electron chi connectivity index (χ0n) is 26.3. The van der Waals surface area contributed by atoms with Gasteiger partial charge < -0.3 is 0 Å². The number of halogens is 4. The second-order valence-electron chi connectivity index (χ2n) is 10.7. The summed E-state index contributed by atoms with van der Waals surface area (Å²) in [7, 11) is 0. The van der Waals surface area contributed by atoms with Crippen molar-refractivity contribution in [2.45, 2.75) is 34.1 Å². The summed E-state index contributed by atoms with van der Waals surface area (Å²) >= 11 is 1.30. The molecule has 0 amide bonds. The van der Waals surface area contributed by atoms with Gasteiger partial charge in [-0.2, -0.15) is 71.8 Å². The molecular weight excluding hydrogens is 681 g/mol. The van der Waals surface area contributed by atoms with Crippen LogP contribution in [0.4, 0.5) is 8.78 Å². The Hall–Kier alpha value is -2.97. The Morgan fingerprint density at radius 2 is 1.31 bits per heavy atom. The van der Waals surface area contributed by atoms with Gasteiger partial charge in [0.15, 0.2) is 0 Å². The maximum atomic E-state index is 11.9. The second kappa shape index (κ2) is 21.7. The molecule has 0 aliphatic heterocycles. The summed E-state index contributed by atoms with van der Waals surface area (Å²) in [6.45, 7) is 16.5. The topological polar surface area (TPSA) is 0 Å². The summed E-state index contributed by atoms with van der Waals surface area (Å²) in [4.78, 5) is 0. The Morgan fingerprint density at radius 1 is 0.800 bits per heavy atom. The standard InChI is InChI=1S/C17H13.C10H15.2C6H4F.CH2.2ClH.Zr/c1-3-12-5-7-14-11-15-8-6-13(4-2)10-17(15)16(14)9-12;1-8-5-6-9(7-8)10(2,3)4;2*7-6-4-2-1-3-5-6;;;;/h3-7,9-10H,1-2,11H2;6-8H,1-4H3;2*2-5H;1H2;2*1H;/q4*-1;;;;. The predicted molar refractivity (Wildman–Crippen MR) is 190 cm³/mol. The molecule has 1 unspecified atom stereocenters. The first-order valence-electron chi connectivity index (χ1n) is 13.9. The van der Waals surface area contributed by atoms with Gasteiger partial charge in [0.05, 0.1) is 0 Å². The molecule has 2 aliphatic carbocycles. The van der Waals surface area contributed by atoms with Crippen molar-refractivity contribution in [3.63, 3.8) is 0 Å². The van der Waals surface area contributed by atoms with Crippen LogP contribution in [0.5, 0.6) is 0 Å². The van der Waals surface area contributed by atoms with E-state index in [1.54, 1.807) is 0 Å². The van der Waals surface area contributed by atoms with E-state index in [1.807, 2.05) is 18.2 Å². The number of allylic oxidation sites excluding steroid dienone is 4. The molecule has 4 aromatic rings. The second-order valence-corrected chi connectivity index (χ2v) is 10.7. The molecule has 45 heavy (non-hydrogen) atoms. The number of fused-ring (bicyclic) bond motifs is 3. The van der Waals surface area contributed by atoms with Crippen molar-refractivity contribution >= 4 is 41.2 Å². The average Bonchev–Trinajstić information content (AvgIpc) is 3.63. The van der Waals surface area contributed by atoms with Crippen molar-refractivity contribution < 1.29 is 33.0 Å². The Balaban J connectivity index is 0.000000597. The summed E-state index contributed by atoms with van der Waals surface area (Å²) in [5, 5.41) is 0. The first kappa shape index (κ1) is 42.0. The van der Waals surface area contributed by atoms with E-state index < -0.39 is 0 Å². The molecule has 0 heterocycles. The van der Waals surface area contributed by atoms with Crippen LogP contribution in [0.3, 0.4) is 0 Å². The van der Waals surface area contributed by atoms with Gasteiger partial charge >= 0.3 is 28.4 Å². The van der Waals surface area contributed by atoms with E-state index >= 15 is 0 Å². The molecule has 236 valence electrons. The molecule has 0 spiro atoms. The van der Waals surface area contributed by atoms with Gasteiger partial charge in [0.2, 0.25) is 0 Å². The monoisotopic (exact) mass is 718 g/mol. The third-order valence-electron chi connectivity index (χ3n) is 6.46. The van der Waals surface area contributed by atoms with E-state index in [0.29, 0.717) is 11.3 Å². The van der Waals surface area contributed by atoms with Crippen LogP contribution >= 0.6 is 24.8 Å². The third kappa shape index (κ3) is 14.3. The molecule has 5 heteroatoms. The molecule has 0 radical (unpaired) electrons. The molecule has 6 rings (SSSR count). The zero-order valence-corrected chi connectivity index (χ0v) is 30.4. The van der Waals surface area contributed by atoms with Gasteiger partial charge in [-0.1, -0.05) is 81.0 Å². The molecule has 1 atom stereocenters. The van der Waals surface area contributed by atoms with Gasteiger partial charge in [0, 0.05) is 11.6 Å². The predicted octanol–water partition coefficient (Wildman–Crippen LogP) is 11.4. The number of hydrogen-bond acceptors (Lipinski definition) is 0. The van der Waals surface area contributed by atoms with Gasteiger partial charge in [-0.25, -0.2) is 14.9 Å². The summed E-state index contributed by atoms with van der Waals surface area (Å²) in [6, 6.07) is 31.0. The van der Waals surface area contributed by atoms with Crippen LogP contribution in [0.15, 0.2) is 110 Å². The van der Waals surface area contributed by atoms with Gasteiger partial charge in [-0.05, 0) is 12.0 Å². The number of rotatable bonds is 2. The van der Waals surface area contributed by atoms with E-state index in [1.165, 1.54) is 106 Å². The molecule has 0 fully saturated rings. The van der Waals surface area contributed by atoms with Crippen molar-refractivity contribution in [2.24, 2.45) is 11.3 Å². The van der Waals surface area contributed by atoms with Crippen LogP contribution in [-0.2, 0) is 30.7 Å². The van der Waals surface area contributed by atoms with Crippen LogP contribution in [0.2, 0.25) is 0 Å².